The fourth-order valence-corrected chi connectivity index (χ4v) is 4.06. The van der Waals surface area contributed by atoms with E-state index >= 15 is 0 Å². The van der Waals surface area contributed by atoms with Gasteiger partial charge in [-0.15, -0.1) is 0 Å². The lowest BCUT2D eigenvalue weighted by Crippen LogP contribution is -2.52. The van der Waals surface area contributed by atoms with Gasteiger partial charge in [0.25, 0.3) is 5.91 Å². The van der Waals surface area contributed by atoms with E-state index < -0.39 is 0 Å². The summed E-state index contributed by atoms with van der Waals surface area (Å²) in [4.78, 5) is 17.0. The van der Waals surface area contributed by atoms with Crippen molar-refractivity contribution in [3.05, 3.63) is 29.3 Å². The molecular weight excluding hydrogens is 316 g/mol. The first-order valence-corrected chi connectivity index (χ1v) is 9.67. The van der Waals surface area contributed by atoms with Crippen molar-refractivity contribution >= 4 is 5.91 Å². The first kappa shape index (κ1) is 16.9. The molecule has 0 radical (unpaired) electrons. The van der Waals surface area contributed by atoms with Crippen molar-refractivity contribution in [2.75, 3.05) is 45.9 Å². The van der Waals surface area contributed by atoms with Gasteiger partial charge in [-0.05, 0) is 42.9 Å². The largest absolute Gasteiger partial charge is 0.493 e. The van der Waals surface area contributed by atoms with Crippen molar-refractivity contribution in [1.82, 2.24) is 9.80 Å². The number of carbonyl (C=O) groups is 1. The minimum absolute atomic E-state index is 0.194. The molecule has 5 heteroatoms. The van der Waals surface area contributed by atoms with E-state index in [-0.39, 0.29) is 12.0 Å². The number of hydrogen-bond donors (Lipinski definition) is 0. The summed E-state index contributed by atoms with van der Waals surface area (Å²) in [6.45, 7) is 5.88. The van der Waals surface area contributed by atoms with Crippen LogP contribution in [0.2, 0.25) is 0 Å². The normalized spacial score (nSPS) is 24.0. The second kappa shape index (κ2) is 7.75. The number of fused-ring (bicyclic) bond motifs is 1. The Morgan fingerprint density at radius 1 is 1.12 bits per heavy atom. The first-order valence-electron chi connectivity index (χ1n) is 9.67. The van der Waals surface area contributed by atoms with E-state index in [2.05, 4.69) is 23.1 Å². The molecule has 1 unspecified atom stereocenters. The number of carbonyl (C=O) groups excluding carboxylic acids is 1. The van der Waals surface area contributed by atoms with Crippen LogP contribution in [0.3, 0.4) is 0 Å². The summed E-state index contributed by atoms with van der Waals surface area (Å²) in [5, 5.41) is 0. The number of ether oxygens (including phenoxy) is 2. The number of piperidine rings is 1. The quantitative estimate of drug-likeness (QED) is 0.836. The average molecular weight is 344 g/mol. The van der Waals surface area contributed by atoms with E-state index in [1.165, 1.54) is 17.5 Å². The van der Waals surface area contributed by atoms with Gasteiger partial charge in [-0.2, -0.15) is 0 Å². The molecule has 25 heavy (non-hydrogen) atoms. The Kier molecular flexibility index (Phi) is 5.22. The van der Waals surface area contributed by atoms with Gasteiger partial charge in [0, 0.05) is 39.1 Å². The van der Waals surface area contributed by atoms with Gasteiger partial charge in [0.15, 0.2) is 0 Å². The molecule has 0 N–H and O–H groups in total. The molecule has 2 fully saturated rings. The van der Waals surface area contributed by atoms with Crippen LogP contribution in [-0.4, -0.2) is 67.7 Å². The van der Waals surface area contributed by atoms with Gasteiger partial charge in [-0.3, -0.25) is 9.69 Å². The topological polar surface area (TPSA) is 42.0 Å². The lowest BCUT2D eigenvalue weighted by molar-refractivity contribution is -0.150. The minimum atomic E-state index is -0.278. The highest BCUT2D eigenvalue weighted by Gasteiger charge is 2.30. The maximum Gasteiger partial charge on any atom is 0.253 e. The van der Waals surface area contributed by atoms with Gasteiger partial charge in [0.05, 0.1) is 13.2 Å². The third kappa shape index (κ3) is 3.98. The van der Waals surface area contributed by atoms with Crippen molar-refractivity contribution in [3.63, 3.8) is 0 Å². The zero-order valence-corrected chi connectivity index (χ0v) is 14.9. The number of likely N-dealkylation sites (tertiary alicyclic amines) is 1. The number of rotatable bonds is 4. The third-order valence-electron chi connectivity index (χ3n) is 5.56. The SMILES string of the molecule is O=C(C1CN(CCc2ccc3c(c2)CCO3)CCO1)N1CCCCC1. The molecule has 136 valence electrons. The fraction of sp³-hybridized carbons (Fsp3) is 0.650. The van der Waals surface area contributed by atoms with Crippen molar-refractivity contribution in [3.8, 4) is 5.75 Å². The summed E-state index contributed by atoms with van der Waals surface area (Å²) in [7, 11) is 0. The summed E-state index contributed by atoms with van der Waals surface area (Å²) >= 11 is 0. The monoisotopic (exact) mass is 344 g/mol. The number of morpholine rings is 1. The molecule has 3 aliphatic rings. The summed E-state index contributed by atoms with van der Waals surface area (Å²) in [5.41, 5.74) is 2.69. The Hall–Kier alpha value is -1.59. The number of amides is 1. The predicted octanol–water partition coefficient (Wildman–Crippen LogP) is 1.88. The Morgan fingerprint density at radius 3 is 2.88 bits per heavy atom. The second-order valence-corrected chi connectivity index (χ2v) is 7.34. The van der Waals surface area contributed by atoms with Gasteiger partial charge in [-0.25, -0.2) is 0 Å². The summed E-state index contributed by atoms with van der Waals surface area (Å²) in [6.07, 6.45) is 5.26. The molecule has 0 spiro atoms. The standard InChI is InChI=1S/C20H28N2O3/c23-20(22-8-2-1-3-9-22)19-15-21(11-13-25-19)10-6-16-4-5-18-17(14-16)7-12-24-18/h4-5,14,19H,1-3,6-13,15H2. The van der Waals surface area contributed by atoms with Crippen LogP contribution in [0.4, 0.5) is 0 Å². The molecule has 2 saturated heterocycles. The molecule has 3 aliphatic heterocycles. The van der Waals surface area contributed by atoms with E-state index in [1.807, 2.05) is 4.90 Å². The second-order valence-electron chi connectivity index (χ2n) is 7.34. The van der Waals surface area contributed by atoms with Crippen LogP contribution >= 0.6 is 0 Å². The molecule has 1 aromatic rings. The molecule has 5 nitrogen and oxygen atoms in total. The van der Waals surface area contributed by atoms with Gasteiger partial charge < -0.3 is 14.4 Å². The van der Waals surface area contributed by atoms with Gasteiger partial charge in [0.1, 0.15) is 11.9 Å². The average Bonchev–Trinajstić information content (AvgIpc) is 3.14. The lowest BCUT2D eigenvalue weighted by Gasteiger charge is -2.36. The van der Waals surface area contributed by atoms with E-state index in [9.17, 15) is 4.79 Å². The van der Waals surface area contributed by atoms with E-state index in [0.29, 0.717) is 6.61 Å². The molecule has 1 amide bonds. The maximum absolute atomic E-state index is 12.7. The third-order valence-corrected chi connectivity index (χ3v) is 5.56. The van der Waals surface area contributed by atoms with Gasteiger partial charge in [0.2, 0.25) is 0 Å². The van der Waals surface area contributed by atoms with Crippen molar-refractivity contribution < 1.29 is 14.3 Å². The molecular formula is C20H28N2O3. The van der Waals surface area contributed by atoms with Crippen LogP contribution < -0.4 is 4.74 Å². The minimum Gasteiger partial charge on any atom is -0.493 e. The predicted molar refractivity (Wildman–Crippen MR) is 96.0 cm³/mol. The lowest BCUT2D eigenvalue weighted by atomic mass is 10.1. The highest BCUT2D eigenvalue weighted by Crippen LogP contribution is 2.26. The zero-order valence-electron chi connectivity index (χ0n) is 14.9. The van der Waals surface area contributed by atoms with Crippen LogP contribution in [0.5, 0.6) is 5.75 Å². The summed E-state index contributed by atoms with van der Waals surface area (Å²) < 4.78 is 11.4. The Bertz CT molecular complexity index is 613. The van der Waals surface area contributed by atoms with Gasteiger partial charge >= 0.3 is 0 Å². The number of nitrogens with zero attached hydrogens (tertiary/aromatic N) is 2. The highest BCUT2D eigenvalue weighted by atomic mass is 16.5. The van der Waals surface area contributed by atoms with Crippen LogP contribution in [0.1, 0.15) is 30.4 Å². The highest BCUT2D eigenvalue weighted by molar-refractivity contribution is 5.81. The van der Waals surface area contributed by atoms with Crippen molar-refractivity contribution in [1.29, 1.82) is 0 Å². The van der Waals surface area contributed by atoms with Crippen molar-refractivity contribution in [2.24, 2.45) is 0 Å². The summed E-state index contributed by atoms with van der Waals surface area (Å²) in [6, 6.07) is 6.54. The first-order chi connectivity index (χ1) is 12.3. The van der Waals surface area contributed by atoms with E-state index in [1.54, 1.807) is 0 Å². The number of benzene rings is 1. The maximum atomic E-state index is 12.7. The van der Waals surface area contributed by atoms with Crippen LogP contribution in [0.15, 0.2) is 18.2 Å². The Morgan fingerprint density at radius 2 is 2.00 bits per heavy atom. The fourth-order valence-electron chi connectivity index (χ4n) is 4.06. The molecule has 0 bridgehead atoms. The van der Waals surface area contributed by atoms with E-state index in [0.717, 1.165) is 70.8 Å². The Labute approximate surface area is 149 Å². The van der Waals surface area contributed by atoms with Crippen molar-refractivity contribution in [2.45, 2.75) is 38.2 Å². The molecule has 4 rings (SSSR count). The zero-order chi connectivity index (χ0) is 17.1. The Balaban J connectivity index is 1.30. The van der Waals surface area contributed by atoms with Crippen LogP contribution in [0, 0.1) is 0 Å². The summed E-state index contributed by atoms with van der Waals surface area (Å²) in [5.74, 6) is 1.24. The molecule has 0 aliphatic carbocycles. The molecule has 3 heterocycles. The van der Waals surface area contributed by atoms with Gasteiger partial charge in [-0.1, -0.05) is 12.1 Å². The molecule has 1 atom stereocenters. The van der Waals surface area contributed by atoms with E-state index in [4.69, 9.17) is 9.47 Å². The molecule has 0 saturated carbocycles. The molecule has 1 aromatic carbocycles. The smallest absolute Gasteiger partial charge is 0.253 e. The van der Waals surface area contributed by atoms with Crippen LogP contribution in [0.25, 0.3) is 0 Å². The molecule has 0 aromatic heterocycles. The number of hydrogen-bond acceptors (Lipinski definition) is 4. The van der Waals surface area contributed by atoms with Crippen LogP contribution in [-0.2, 0) is 22.4 Å².